The molecule has 0 aromatic carbocycles. The van der Waals surface area contributed by atoms with E-state index in [4.69, 9.17) is 9.47 Å². The fourth-order valence-corrected chi connectivity index (χ4v) is 2.09. The highest BCUT2D eigenvalue weighted by Gasteiger charge is 1.96. The van der Waals surface area contributed by atoms with Gasteiger partial charge in [0, 0.05) is 19.2 Å². The van der Waals surface area contributed by atoms with E-state index in [2.05, 4.69) is 4.98 Å². The highest BCUT2D eigenvalue weighted by molar-refractivity contribution is 5.65. The summed E-state index contributed by atoms with van der Waals surface area (Å²) in [6, 6.07) is 5.71. The molecular weight excluding hydrogens is 266 g/mol. The van der Waals surface area contributed by atoms with Crippen LogP contribution in [0.3, 0.4) is 0 Å². The van der Waals surface area contributed by atoms with Crippen molar-refractivity contribution in [3.05, 3.63) is 24.4 Å². The van der Waals surface area contributed by atoms with Crippen molar-refractivity contribution in [2.45, 2.75) is 58.3 Å². The third-order valence-electron chi connectivity index (χ3n) is 3.23. The second kappa shape index (κ2) is 12.2. The van der Waals surface area contributed by atoms with Crippen LogP contribution in [0.25, 0.3) is 0 Å². The summed E-state index contributed by atoms with van der Waals surface area (Å²) in [7, 11) is 0. The molecule has 0 amide bonds. The van der Waals surface area contributed by atoms with Crippen LogP contribution < -0.4 is 4.74 Å². The van der Waals surface area contributed by atoms with Gasteiger partial charge in [-0.2, -0.15) is 0 Å². The van der Waals surface area contributed by atoms with E-state index < -0.39 is 0 Å². The van der Waals surface area contributed by atoms with Gasteiger partial charge in [0.1, 0.15) is 0 Å². The molecule has 1 heterocycles. The fraction of sp³-hybridized carbons (Fsp3) is 0.647. The van der Waals surface area contributed by atoms with Crippen molar-refractivity contribution >= 4 is 5.97 Å². The first-order valence-electron chi connectivity index (χ1n) is 7.96. The number of ether oxygens (including phenoxy) is 2. The van der Waals surface area contributed by atoms with Crippen molar-refractivity contribution in [3.8, 4) is 5.88 Å². The van der Waals surface area contributed by atoms with Gasteiger partial charge in [0.15, 0.2) is 0 Å². The largest absolute Gasteiger partial charge is 0.478 e. The van der Waals surface area contributed by atoms with Gasteiger partial charge < -0.3 is 9.47 Å². The van der Waals surface area contributed by atoms with Crippen LogP contribution in [0.15, 0.2) is 24.4 Å². The zero-order valence-electron chi connectivity index (χ0n) is 13.1. The highest BCUT2D eigenvalue weighted by Crippen LogP contribution is 2.10. The normalized spacial score (nSPS) is 10.3. The number of carbonyl (C=O) groups excluding carboxylic acids is 1. The molecule has 0 spiro atoms. The van der Waals surface area contributed by atoms with E-state index in [-0.39, 0.29) is 5.97 Å². The average Bonchev–Trinajstić information content (AvgIpc) is 2.49. The Morgan fingerprint density at radius 3 is 2.14 bits per heavy atom. The molecule has 4 nitrogen and oxygen atoms in total. The predicted molar refractivity (Wildman–Crippen MR) is 83.3 cm³/mol. The molecule has 0 aliphatic carbocycles. The number of hydrogen-bond donors (Lipinski definition) is 0. The number of nitrogens with zero attached hydrogens (tertiary/aromatic N) is 1. The summed E-state index contributed by atoms with van der Waals surface area (Å²) in [5, 5.41) is 0. The van der Waals surface area contributed by atoms with Crippen molar-refractivity contribution in [2.24, 2.45) is 0 Å². The van der Waals surface area contributed by atoms with Gasteiger partial charge in [-0.25, -0.2) is 4.98 Å². The van der Waals surface area contributed by atoms with Crippen LogP contribution >= 0.6 is 0 Å². The number of rotatable bonds is 12. The minimum Gasteiger partial charge on any atom is -0.478 e. The number of aromatic nitrogens is 1. The van der Waals surface area contributed by atoms with Crippen LogP contribution in [0.2, 0.25) is 0 Å². The summed E-state index contributed by atoms with van der Waals surface area (Å²) in [4.78, 5) is 14.7. The Kier molecular flexibility index (Phi) is 10.1. The van der Waals surface area contributed by atoms with E-state index in [0.717, 1.165) is 25.9 Å². The number of pyridine rings is 1. The molecule has 21 heavy (non-hydrogen) atoms. The number of esters is 1. The van der Waals surface area contributed by atoms with Crippen LogP contribution in [0.1, 0.15) is 58.3 Å². The Balaban J connectivity index is 1.78. The smallest absolute Gasteiger partial charge is 0.302 e. The second-order valence-corrected chi connectivity index (χ2v) is 5.18. The molecule has 0 atom stereocenters. The van der Waals surface area contributed by atoms with Gasteiger partial charge in [0.25, 0.3) is 0 Å². The first kappa shape index (κ1) is 17.5. The fourth-order valence-electron chi connectivity index (χ4n) is 2.09. The van der Waals surface area contributed by atoms with Crippen LogP contribution in [0, 0.1) is 0 Å². The highest BCUT2D eigenvalue weighted by atomic mass is 16.5. The molecule has 0 N–H and O–H groups in total. The molecule has 0 unspecified atom stereocenters. The van der Waals surface area contributed by atoms with Gasteiger partial charge in [-0.3, -0.25) is 4.79 Å². The zero-order valence-corrected chi connectivity index (χ0v) is 13.1. The van der Waals surface area contributed by atoms with E-state index in [1.165, 1.54) is 39.0 Å². The monoisotopic (exact) mass is 293 g/mol. The van der Waals surface area contributed by atoms with Crippen molar-refractivity contribution in [1.29, 1.82) is 0 Å². The number of unbranched alkanes of at least 4 members (excludes halogenated alkanes) is 7. The maximum Gasteiger partial charge on any atom is 0.302 e. The molecule has 0 saturated carbocycles. The van der Waals surface area contributed by atoms with E-state index in [1.807, 2.05) is 18.2 Å². The van der Waals surface area contributed by atoms with E-state index in [1.54, 1.807) is 6.20 Å². The lowest BCUT2D eigenvalue weighted by Gasteiger charge is -2.05. The van der Waals surface area contributed by atoms with Crippen molar-refractivity contribution in [1.82, 2.24) is 4.98 Å². The summed E-state index contributed by atoms with van der Waals surface area (Å²) < 4.78 is 10.4. The zero-order chi connectivity index (χ0) is 15.2. The van der Waals surface area contributed by atoms with Crippen molar-refractivity contribution in [3.63, 3.8) is 0 Å². The third kappa shape index (κ3) is 10.8. The summed E-state index contributed by atoms with van der Waals surface area (Å²) >= 11 is 0. The van der Waals surface area contributed by atoms with E-state index in [0.29, 0.717) is 12.5 Å². The van der Waals surface area contributed by atoms with Gasteiger partial charge in [-0.1, -0.05) is 44.6 Å². The summed E-state index contributed by atoms with van der Waals surface area (Å²) in [6.45, 7) is 2.77. The molecule has 0 aliphatic heterocycles. The lowest BCUT2D eigenvalue weighted by molar-refractivity contribution is -0.141. The van der Waals surface area contributed by atoms with Gasteiger partial charge in [-0.15, -0.1) is 0 Å². The van der Waals surface area contributed by atoms with Gasteiger partial charge in [-0.05, 0) is 18.9 Å². The van der Waals surface area contributed by atoms with Crippen molar-refractivity contribution in [2.75, 3.05) is 13.2 Å². The van der Waals surface area contributed by atoms with Crippen LogP contribution in [0.5, 0.6) is 5.88 Å². The molecule has 4 heteroatoms. The molecule has 0 bridgehead atoms. The number of hydrogen-bond acceptors (Lipinski definition) is 4. The number of carbonyl (C=O) groups is 1. The average molecular weight is 293 g/mol. The Morgan fingerprint density at radius 1 is 0.952 bits per heavy atom. The van der Waals surface area contributed by atoms with Gasteiger partial charge in [0.2, 0.25) is 5.88 Å². The molecule has 118 valence electrons. The van der Waals surface area contributed by atoms with Crippen molar-refractivity contribution < 1.29 is 14.3 Å². The molecular formula is C17H27NO3. The third-order valence-corrected chi connectivity index (χ3v) is 3.23. The lowest BCUT2D eigenvalue weighted by Crippen LogP contribution is -2.00. The molecule has 0 saturated heterocycles. The Hall–Kier alpha value is -1.58. The van der Waals surface area contributed by atoms with E-state index >= 15 is 0 Å². The van der Waals surface area contributed by atoms with Crippen LogP contribution in [-0.4, -0.2) is 24.2 Å². The molecule has 0 radical (unpaired) electrons. The van der Waals surface area contributed by atoms with E-state index in [9.17, 15) is 4.79 Å². The lowest BCUT2D eigenvalue weighted by atomic mass is 10.1. The summed E-state index contributed by atoms with van der Waals surface area (Å²) in [6.07, 6.45) is 11.2. The second-order valence-electron chi connectivity index (χ2n) is 5.18. The molecule has 1 rings (SSSR count). The summed E-state index contributed by atoms with van der Waals surface area (Å²) in [5.41, 5.74) is 0. The van der Waals surface area contributed by atoms with Crippen LogP contribution in [0.4, 0.5) is 0 Å². The molecule has 1 aromatic rings. The Bertz CT molecular complexity index is 368. The minimum atomic E-state index is -0.178. The minimum absolute atomic E-state index is 0.178. The molecule has 0 fully saturated rings. The van der Waals surface area contributed by atoms with Crippen LogP contribution in [-0.2, 0) is 9.53 Å². The quantitative estimate of drug-likeness (QED) is 0.429. The first-order valence-corrected chi connectivity index (χ1v) is 7.96. The topological polar surface area (TPSA) is 48.4 Å². The first-order chi connectivity index (χ1) is 10.3. The Labute approximate surface area is 127 Å². The standard InChI is InChI=1S/C17H27NO3/c1-16(19)20-14-10-6-4-2-3-5-7-11-15-21-17-12-8-9-13-18-17/h8-9,12-13H,2-7,10-11,14-15H2,1H3. The summed E-state index contributed by atoms with van der Waals surface area (Å²) in [5.74, 6) is 0.535. The van der Waals surface area contributed by atoms with Gasteiger partial charge >= 0.3 is 5.97 Å². The maximum absolute atomic E-state index is 10.6. The molecule has 0 aliphatic rings. The maximum atomic E-state index is 10.6. The Morgan fingerprint density at radius 2 is 1.57 bits per heavy atom. The predicted octanol–water partition coefficient (Wildman–Crippen LogP) is 4.14. The SMILES string of the molecule is CC(=O)OCCCCCCCCCCOc1ccccn1. The molecule has 1 aromatic heterocycles. The van der Waals surface area contributed by atoms with Gasteiger partial charge in [0.05, 0.1) is 13.2 Å².